The van der Waals surface area contributed by atoms with Crippen molar-refractivity contribution < 1.29 is 4.74 Å². The second-order valence-corrected chi connectivity index (χ2v) is 8.77. The van der Waals surface area contributed by atoms with Crippen LogP contribution in [0.5, 0.6) is 5.19 Å². The summed E-state index contributed by atoms with van der Waals surface area (Å²) >= 11 is 1.57. The second kappa shape index (κ2) is 9.39. The summed E-state index contributed by atoms with van der Waals surface area (Å²) < 4.78 is 7.66. The van der Waals surface area contributed by atoms with Gasteiger partial charge in [-0.1, -0.05) is 30.4 Å². The lowest BCUT2D eigenvalue weighted by Crippen LogP contribution is -2.36. The number of aryl methyl sites for hydroxylation is 1. The maximum Gasteiger partial charge on any atom is 0.273 e. The average Bonchev–Trinajstić information content (AvgIpc) is 3.56. The van der Waals surface area contributed by atoms with E-state index in [1.165, 1.54) is 5.56 Å². The molecule has 32 heavy (non-hydrogen) atoms. The topological polar surface area (TPSA) is 94.7 Å². The van der Waals surface area contributed by atoms with E-state index in [0.29, 0.717) is 17.7 Å². The molecule has 0 radical (unpaired) electrons. The number of anilines is 1. The van der Waals surface area contributed by atoms with Crippen molar-refractivity contribution in [3.05, 3.63) is 54.7 Å². The van der Waals surface area contributed by atoms with Gasteiger partial charge in [0.1, 0.15) is 6.33 Å². The van der Waals surface area contributed by atoms with Crippen molar-refractivity contribution in [2.75, 3.05) is 24.6 Å². The summed E-state index contributed by atoms with van der Waals surface area (Å²) in [4.78, 5) is 16.8. The van der Waals surface area contributed by atoms with Gasteiger partial charge in [-0.2, -0.15) is 0 Å². The third-order valence-electron chi connectivity index (χ3n) is 5.69. The minimum absolute atomic E-state index is 0.518. The van der Waals surface area contributed by atoms with Crippen LogP contribution < -0.4 is 9.64 Å². The van der Waals surface area contributed by atoms with Gasteiger partial charge >= 0.3 is 0 Å². The van der Waals surface area contributed by atoms with Gasteiger partial charge in [-0.15, -0.1) is 5.10 Å². The summed E-state index contributed by atoms with van der Waals surface area (Å²) in [5, 5.41) is 12.0. The van der Waals surface area contributed by atoms with Gasteiger partial charge in [-0.3, -0.25) is 0 Å². The van der Waals surface area contributed by atoms with Gasteiger partial charge < -0.3 is 9.64 Å². The Morgan fingerprint density at radius 3 is 2.50 bits per heavy atom. The molecule has 9 nitrogen and oxygen atoms in total. The molecule has 4 heterocycles. The maximum atomic E-state index is 6.03. The zero-order valence-electron chi connectivity index (χ0n) is 17.8. The molecule has 1 aromatic carbocycles. The summed E-state index contributed by atoms with van der Waals surface area (Å²) in [7, 11) is 0. The lowest BCUT2D eigenvalue weighted by atomic mass is 9.98. The Hall–Kier alpha value is -3.40. The molecule has 4 aromatic rings. The van der Waals surface area contributed by atoms with Crippen LogP contribution in [0.15, 0.2) is 49.2 Å². The molecule has 10 heteroatoms. The van der Waals surface area contributed by atoms with Crippen LogP contribution in [0.4, 0.5) is 5.95 Å². The molecule has 0 spiro atoms. The quantitative estimate of drug-likeness (QED) is 0.424. The van der Waals surface area contributed by atoms with Gasteiger partial charge in [-0.05, 0) is 58.9 Å². The Bertz CT molecular complexity index is 1120. The Morgan fingerprint density at radius 2 is 1.81 bits per heavy atom. The molecular formula is C22H24N8OS. The van der Waals surface area contributed by atoms with E-state index in [2.05, 4.69) is 42.3 Å². The van der Waals surface area contributed by atoms with E-state index >= 15 is 0 Å². The van der Waals surface area contributed by atoms with E-state index in [9.17, 15) is 0 Å². The molecule has 0 N–H and O–H groups in total. The molecule has 0 amide bonds. The van der Waals surface area contributed by atoms with E-state index in [4.69, 9.17) is 4.74 Å². The molecular weight excluding hydrogens is 424 g/mol. The molecule has 5 rings (SSSR count). The van der Waals surface area contributed by atoms with Crippen LogP contribution in [-0.2, 0) is 6.42 Å². The second-order valence-electron chi connectivity index (χ2n) is 7.78. The van der Waals surface area contributed by atoms with Crippen molar-refractivity contribution >= 4 is 17.3 Å². The third-order valence-corrected chi connectivity index (χ3v) is 6.65. The van der Waals surface area contributed by atoms with E-state index in [-0.39, 0.29) is 0 Å². The molecule has 0 atom stereocenters. The number of rotatable bonds is 7. The van der Waals surface area contributed by atoms with Crippen molar-refractivity contribution in [2.45, 2.75) is 26.2 Å². The number of hydrogen-bond acceptors (Lipinski definition) is 9. The van der Waals surface area contributed by atoms with Crippen LogP contribution >= 0.6 is 11.3 Å². The number of ether oxygens (including phenoxy) is 1. The number of thiazole rings is 1. The zero-order chi connectivity index (χ0) is 21.8. The van der Waals surface area contributed by atoms with Crippen LogP contribution in [-0.4, -0.2) is 54.9 Å². The SMILES string of the molecule is CCc1cnc(N2CCC(COc3ncc(-c4ccc(-n5cnnn5)cc4)s3)CC2)nc1. The first-order valence-corrected chi connectivity index (χ1v) is 11.6. The predicted molar refractivity (Wildman–Crippen MR) is 122 cm³/mol. The number of tetrazole rings is 1. The molecule has 1 fully saturated rings. The number of hydrogen-bond donors (Lipinski definition) is 0. The van der Waals surface area contributed by atoms with E-state index < -0.39 is 0 Å². The average molecular weight is 449 g/mol. The van der Waals surface area contributed by atoms with Crippen molar-refractivity contribution in [1.29, 1.82) is 0 Å². The highest BCUT2D eigenvalue weighted by molar-refractivity contribution is 7.16. The molecule has 0 unspecified atom stereocenters. The predicted octanol–water partition coefficient (Wildman–Crippen LogP) is 3.43. The Labute approximate surface area is 190 Å². The monoisotopic (exact) mass is 448 g/mol. The molecule has 1 aliphatic rings. The summed E-state index contributed by atoms with van der Waals surface area (Å²) in [6.07, 6.45) is 10.4. The number of aromatic nitrogens is 7. The summed E-state index contributed by atoms with van der Waals surface area (Å²) in [5.74, 6) is 1.35. The van der Waals surface area contributed by atoms with Crippen LogP contribution in [0, 0.1) is 5.92 Å². The molecule has 0 saturated carbocycles. The fraction of sp³-hybridized carbons (Fsp3) is 0.364. The third kappa shape index (κ3) is 4.59. The standard InChI is InChI=1S/C22H24N8OS/c1-2-16-11-23-21(24-12-16)29-9-7-17(8-10-29)14-31-22-25-13-20(32-22)18-3-5-19(6-4-18)30-15-26-27-28-30/h3-6,11-13,15,17H,2,7-10,14H2,1H3. The van der Waals surface area contributed by atoms with Crippen molar-refractivity contribution in [3.8, 4) is 21.3 Å². The largest absolute Gasteiger partial charge is 0.470 e. The van der Waals surface area contributed by atoms with Gasteiger partial charge in [0.05, 0.1) is 17.2 Å². The highest BCUT2D eigenvalue weighted by Crippen LogP contribution is 2.31. The minimum Gasteiger partial charge on any atom is -0.470 e. The fourth-order valence-electron chi connectivity index (χ4n) is 3.70. The van der Waals surface area contributed by atoms with Crippen molar-refractivity contribution in [2.24, 2.45) is 5.92 Å². The Morgan fingerprint density at radius 1 is 1.03 bits per heavy atom. The van der Waals surface area contributed by atoms with Crippen LogP contribution in [0.2, 0.25) is 0 Å². The number of benzene rings is 1. The van der Waals surface area contributed by atoms with E-state index in [0.717, 1.165) is 54.4 Å². The van der Waals surface area contributed by atoms with Crippen LogP contribution in [0.25, 0.3) is 16.1 Å². The Balaban J connectivity index is 1.12. The normalized spacial score (nSPS) is 14.6. The number of piperidine rings is 1. The molecule has 1 saturated heterocycles. The van der Waals surface area contributed by atoms with Crippen LogP contribution in [0.3, 0.4) is 0 Å². The minimum atomic E-state index is 0.518. The molecule has 3 aromatic heterocycles. The van der Waals surface area contributed by atoms with E-state index in [1.807, 2.05) is 42.9 Å². The first-order chi connectivity index (χ1) is 15.8. The van der Waals surface area contributed by atoms with Gasteiger partial charge in [0.25, 0.3) is 5.19 Å². The maximum absolute atomic E-state index is 6.03. The zero-order valence-corrected chi connectivity index (χ0v) is 18.6. The van der Waals surface area contributed by atoms with Crippen molar-refractivity contribution in [1.82, 2.24) is 35.2 Å². The highest BCUT2D eigenvalue weighted by Gasteiger charge is 2.22. The highest BCUT2D eigenvalue weighted by atomic mass is 32.1. The fourth-order valence-corrected chi connectivity index (χ4v) is 4.48. The van der Waals surface area contributed by atoms with Gasteiger partial charge in [0, 0.05) is 31.7 Å². The molecule has 1 aliphatic heterocycles. The van der Waals surface area contributed by atoms with Crippen molar-refractivity contribution in [3.63, 3.8) is 0 Å². The first-order valence-electron chi connectivity index (χ1n) is 10.8. The lowest BCUT2D eigenvalue weighted by molar-refractivity contribution is 0.221. The smallest absolute Gasteiger partial charge is 0.273 e. The summed E-state index contributed by atoms with van der Waals surface area (Å²) in [5.41, 5.74) is 3.18. The van der Waals surface area contributed by atoms with Crippen LogP contribution in [0.1, 0.15) is 25.3 Å². The van der Waals surface area contributed by atoms with Gasteiger partial charge in [0.15, 0.2) is 0 Å². The summed E-state index contributed by atoms with van der Waals surface area (Å²) in [6.45, 7) is 4.71. The van der Waals surface area contributed by atoms with Gasteiger partial charge in [0.2, 0.25) is 5.95 Å². The van der Waals surface area contributed by atoms with E-state index in [1.54, 1.807) is 22.3 Å². The first kappa shape index (κ1) is 20.5. The lowest BCUT2D eigenvalue weighted by Gasteiger charge is -2.31. The molecule has 0 bridgehead atoms. The number of nitrogens with zero attached hydrogens (tertiary/aromatic N) is 8. The molecule has 0 aliphatic carbocycles. The molecule has 164 valence electrons. The summed E-state index contributed by atoms with van der Waals surface area (Å²) in [6, 6.07) is 8.05. The van der Waals surface area contributed by atoms with Gasteiger partial charge in [-0.25, -0.2) is 19.6 Å². The Kier molecular flexibility index (Phi) is 6.02.